The second kappa shape index (κ2) is 3.75. The Morgan fingerprint density at radius 2 is 2.50 bits per heavy atom. The molecule has 1 heterocycles. The monoisotopic (exact) mass is 167 g/mol. The van der Waals surface area contributed by atoms with Crippen molar-refractivity contribution in [1.29, 1.82) is 0 Å². The van der Waals surface area contributed by atoms with Crippen LogP contribution in [0.2, 0.25) is 0 Å². The zero-order valence-electron chi connectivity index (χ0n) is 6.73. The normalized spacial score (nSPS) is 17.4. The van der Waals surface area contributed by atoms with E-state index in [2.05, 4.69) is 9.98 Å². The molecule has 0 atom stereocenters. The van der Waals surface area contributed by atoms with Gasteiger partial charge < -0.3 is 0 Å². The van der Waals surface area contributed by atoms with E-state index in [1.54, 1.807) is 13.3 Å². The van der Waals surface area contributed by atoms with Crippen LogP contribution in [-0.4, -0.2) is 23.9 Å². The van der Waals surface area contributed by atoms with Crippen LogP contribution >= 0.6 is 0 Å². The van der Waals surface area contributed by atoms with Crippen molar-refractivity contribution >= 4 is 11.9 Å². The molecule has 0 aromatic heterocycles. The highest BCUT2D eigenvalue weighted by molar-refractivity contribution is 6.30. The van der Waals surface area contributed by atoms with Crippen molar-refractivity contribution < 1.29 is 4.92 Å². The Morgan fingerprint density at radius 1 is 1.75 bits per heavy atom. The van der Waals surface area contributed by atoms with Crippen LogP contribution in [-0.2, 0) is 0 Å². The summed E-state index contributed by atoms with van der Waals surface area (Å²) >= 11 is 0. The van der Waals surface area contributed by atoms with Gasteiger partial charge in [0, 0.05) is 26.1 Å². The molecule has 0 fully saturated rings. The molecular formula is C7H9N3O2. The average Bonchev–Trinajstić information content (AvgIpc) is 2.06. The summed E-state index contributed by atoms with van der Waals surface area (Å²) in [5.41, 5.74) is 0.964. The first kappa shape index (κ1) is 8.58. The summed E-state index contributed by atoms with van der Waals surface area (Å²) in [6.45, 7) is 0. The summed E-state index contributed by atoms with van der Waals surface area (Å²) in [4.78, 5) is 17.5. The van der Waals surface area contributed by atoms with Gasteiger partial charge in [-0.3, -0.25) is 20.1 Å². The number of nitro groups is 1. The summed E-state index contributed by atoms with van der Waals surface area (Å²) in [5.74, 6) is 0. The van der Waals surface area contributed by atoms with Crippen LogP contribution in [0, 0.1) is 10.1 Å². The molecule has 0 saturated heterocycles. The second-order valence-corrected chi connectivity index (χ2v) is 2.39. The molecule has 5 nitrogen and oxygen atoms in total. The first-order valence-corrected chi connectivity index (χ1v) is 3.56. The Hall–Kier alpha value is -1.52. The van der Waals surface area contributed by atoms with Crippen molar-refractivity contribution in [2.45, 2.75) is 12.8 Å². The molecule has 12 heavy (non-hydrogen) atoms. The lowest BCUT2D eigenvalue weighted by Crippen LogP contribution is -2.09. The van der Waals surface area contributed by atoms with Gasteiger partial charge >= 0.3 is 0 Å². The van der Waals surface area contributed by atoms with Crippen LogP contribution in [0.4, 0.5) is 0 Å². The van der Waals surface area contributed by atoms with E-state index < -0.39 is 4.92 Å². The van der Waals surface area contributed by atoms with Gasteiger partial charge in [-0.25, -0.2) is 0 Å². The van der Waals surface area contributed by atoms with Crippen LogP contribution in [0.5, 0.6) is 0 Å². The van der Waals surface area contributed by atoms with E-state index in [1.807, 2.05) is 0 Å². The molecule has 0 aromatic rings. The highest BCUT2D eigenvalue weighted by Gasteiger charge is 2.14. The topological polar surface area (TPSA) is 67.9 Å². The van der Waals surface area contributed by atoms with Gasteiger partial charge in [0.25, 0.3) is 5.70 Å². The number of hydrogen-bond donors (Lipinski definition) is 0. The maximum absolute atomic E-state index is 10.3. The van der Waals surface area contributed by atoms with Crippen molar-refractivity contribution in [2.75, 3.05) is 7.05 Å². The van der Waals surface area contributed by atoms with Crippen LogP contribution in [0.25, 0.3) is 0 Å². The Balaban J connectivity index is 2.73. The molecule has 1 aliphatic rings. The molecule has 1 rings (SSSR count). The molecule has 0 radical (unpaired) electrons. The second-order valence-electron chi connectivity index (χ2n) is 2.39. The highest BCUT2D eigenvalue weighted by atomic mass is 16.6. The maximum atomic E-state index is 10.3. The fourth-order valence-corrected chi connectivity index (χ4v) is 0.928. The average molecular weight is 167 g/mol. The van der Waals surface area contributed by atoms with Crippen molar-refractivity contribution in [2.24, 2.45) is 9.98 Å². The van der Waals surface area contributed by atoms with E-state index in [4.69, 9.17) is 0 Å². The van der Waals surface area contributed by atoms with Gasteiger partial charge in [0.1, 0.15) is 6.20 Å². The zero-order chi connectivity index (χ0) is 8.97. The van der Waals surface area contributed by atoms with Gasteiger partial charge in [-0.15, -0.1) is 0 Å². The number of hydrogen-bond acceptors (Lipinski definition) is 4. The Bertz CT molecular complexity index is 278. The van der Waals surface area contributed by atoms with Crippen molar-refractivity contribution in [3.8, 4) is 0 Å². The summed E-state index contributed by atoms with van der Waals surface area (Å²) in [5, 5.41) is 10.3. The fourth-order valence-electron chi connectivity index (χ4n) is 0.928. The smallest absolute Gasteiger partial charge is 0.264 e. The van der Waals surface area contributed by atoms with Crippen molar-refractivity contribution in [3.63, 3.8) is 0 Å². The molecule has 64 valence electrons. The van der Waals surface area contributed by atoms with Gasteiger partial charge in [-0.1, -0.05) is 0 Å². The number of allylic oxidation sites excluding steroid dienone is 1. The van der Waals surface area contributed by atoms with Crippen LogP contribution in [0.1, 0.15) is 12.8 Å². The molecule has 0 saturated carbocycles. The summed E-state index contributed by atoms with van der Waals surface area (Å²) in [6, 6.07) is 0. The Labute approximate surface area is 69.7 Å². The van der Waals surface area contributed by atoms with Crippen LogP contribution < -0.4 is 0 Å². The van der Waals surface area contributed by atoms with Gasteiger partial charge in [0.05, 0.1) is 10.6 Å². The fraction of sp³-hybridized carbons (Fsp3) is 0.429. The summed E-state index contributed by atoms with van der Waals surface area (Å²) < 4.78 is 0. The third-order valence-electron chi connectivity index (χ3n) is 1.53. The third-order valence-corrected chi connectivity index (χ3v) is 1.53. The van der Waals surface area contributed by atoms with Crippen molar-refractivity contribution in [3.05, 3.63) is 22.0 Å². The maximum Gasteiger partial charge on any atom is 0.264 e. The molecular weight excluding hydrogens is 158 g/mol. The largest absolute Gasteiger partial charge is 0.295 e. The third kappa shape index (κ3) is 1.98. The lowest BCUT2D eigenvalue weighted by molar-refractivity contribution is -0.428. The van der Waals surface area contributed by atoms with Crippen molar-refractivity contribution in [1.82, 2.24) is 0 Å². The quantitative estimate of drug-likeness (QED) is 0.350. The Morgan fingerprint density at radius 3 is 2.92 bits per heavy atom. The lowest BCUT2D eigenvalue weighted by Gasteiger charge is -2.03. The van der Waals surface area contributed by atoms with Gasteiger partial charge in [-0.2, -0.15) is 0 Å². The SMILES string of the molecule is CN=CC1=NC=C([N+](=O)[O-])CC1. The molecule has 0 unspecified atom stereocenters. The number of nitrogens with zero attached hydrogens (tertiary/aromatic N) is 3. The van der Waals surface area contributed by atoms with Gasteiger partial charge in [-0.05, 0) is 0 Å². The first-order valence-electron chi connectivity index (χ1n) is 3.56. The highest BCUT2D eigenvalue weighted by Crippen LogP contribution is 2.11. The van der Waals surface area contributed by atoms with E-state index in [9.17, 15) is 10.1 Å². The molecule has 1 aliphatic heterocycles. The van der Waals surface area contributed by atoms with Crippen LogP contribution in [0.3, 0.4) is 0 Å². The van der Waals surface area contributed by atoms with E-state index >= 15 is 0 Å². The first-order chi connectivity index (χ1) is 5.74. The number of aliphatic imine (C=N–C) groups is 2. The van der Waals surface area contributed by atoms with Crippen LogP contribution in [0.15, 0.2) is 21.9 Å². The zero-order valence-corrected chi connectivity index (χ0v) is 6.73. The molecule has 0 amide bonds. The minimum atomic E-state index is -0.399. The molecule has 0 aromatic carbocycles. The lowest BCUT2D eigenvalue weighted by atomic mass is 10.1. The van der Waals surface area contributed by atoms with E-state index in [-0.39, 0.29) is 5.70 Å². The molecule has 0 bridgehead atoms. The minimum Gasteiger partial charge on any atom is -0.295 e. The molecule has 0 aliphatic carbocycles. The van der Waals surface area contributed by atoms with E-state index in [0.29, 0.717) is 12.8 Å². The predicted molar refractivity (Wildman–Crippen MR) is 46.2 cm³/mol. The summed E-state index contributed by atoms with van der Waals surface area (Å²) in [7, 11) is 1.65. The van der Waals surface area contributed by atoms with E-state index in [1.165, 1.54) is 6.20 Å². The summed E-state index contributed by atoms with van der Waals surface area (Å²) in [6.07, 6.45) is 3.95. The standard InChI is InChI=1S/C7H9N3O2/c1-8-4-6-2-3-7(5-9-6)10(11)12/h4-5H,2-3H2,1H3. The molecule has 5 heteroatoms. The predicted octanol–water partition coefficient (Wildman–Crippen LogP) is 1.04. The molecule has 0 spiro atoms. The minimum absolute atomic E-state index is 0.170. The molecule has 0 N–H and O–H groups in total. The van der Waals surface area contributed by atoms with Gasteiger partial charge in [0.15, 0.2) is 0 Å². The Kier molecular flexibility index (Phi) is 2.68. The van der Waals surface area contributed by atoms with E-state index in [0.717, 1.165) is 5.71 Å². The van der Waals surface area contributed by atoms with Gasteiger partial charge in [0.2, 0.25) is 0 Å². The number of rotatable bonds is 2.